The molecule has 0 N–H and O–H groups in total. The molecule has 0 bridgehead atoms. The summed E-state index contributed by atoms with van der Waals surface area (Å²) < 4.78 is 5.72. The summed E-state index contributed by atoms with van der Waals surface area (Å²) in [6, 6.07) is 10.6. The van der Waals surface area contributed by atoms with Gasteiger partial charge in [-0.2, -0.15) is 0 Å². The molecule has 1 heterocycles. The number of hydrogen-bond acceptors (Lipinski definition) is 2. The van der Waals surface area contributed by atoms with Crippen LogP contribution in [0.15, 0.2) is 30.3 Å². The Morgan fingerprint density at radius 1 is 1.36 bits per heavy atom. The molecule has 1 aromatic rings. The number of nitrogens with zero attached hydrogens (tertiary/aromatic N) is 1. The number of hydrogen-bond donors (Lipinski definition) is 0. The fourth-order valence-corrected chi connectivity index (χ4v) is 1.90. The first-order valence-electron chi connectivity index (χ1n) is 5.24. The summed E-state index contributed by atoms with van der Waals surface area (Å²) >= 11 is 0. The predicted octanol–water partition coefficient (Wildman–Crippen LogP) is 2.16. The number of para-hydroxylation sites is 1. The lowest BCUT2D eigenvalue weighted by Gasteiger charge is -2.19. The summed E-state index contributed by atoms with van der Waals surface area (Å²) in [6.07, 6.45) is 2.57. The third-order valence-electron chi connectivity index (χ3n) is 2.86. The maximum absolute atomic E-state index is 5.72. The van der Waals surface area contributed by atoms with Crippen molar-refractivity contribution in [3.05, 3.63) is 30.3 Å². The molecular weight excluding hydrogens is 174 g/mol. The zero-order chi connectivity index (χ0) is 9.80. The Labute approximate surface area is 85.5 Å². The molecule has 0 spiro atoms. The normalized spacial score (nSPS) is 22.5. The smallest absolute Gasteiger partial charge is 0.119 e. The number of rotatable bonds is 3. The van der Waals surface area contributed by atoms with Crippen LogP contribution in [-0.2, 0) is 0 Å². The topological polar surface area (TPSA) is 12.5 Å². The predicted molar refractivity (Wildman–Crippen MR) is 57.6 cm³/mol. The highest BCUT2D eigenvalue weighted by Crippen LogP contribution is 2.16. The van der Waals surface area contributed by atoms with E-state index in [1.807, 2.05) is 30.3 Å². The molecule has 0 unspecified atom stereocenters. The molecular formula is C12H17NO. The van der Waals surface area contributed by atoms with Gasteiger partial charge in [0.05, 0.1) is 0 Å². The average molecular weight is 191 g/mol. The van der Waals surface area contributed by atoms with E-state index < -0.39 is 0 Å². The van der Waals surface area contributed by atoms with Gasteiger partial charge < -0.3 is 9.64 Å². The van der Waals surface area contributed by atoms with Gasteiger partial charge in [0.2, 0.25) is 0 Å². The van der Waals surface area contributed by atoms with E-state index in [0.29, 0.717) is 6.04 Å². The second-order valence-electron chi connectivity index (χ2n) is 3.90. The van der Waals surface area contributed by atoms with Crippen molar-refractivity contribution in [2.75, 3.05) is 20.2 Å². The molecule has 1 saturated heterocycles. The Hall–Kier alpha value is -1.02. The van der Waals surface area contributed by atoms with Crippen molar-refractivity contribution >= 4 is 0 Å². The van der Waals surface area contributed by atoms with Gasteiger partial charge in [-0.05, 0) is 38.6 Å². The molecule has 2 nitrogen and oxygen atoms in total. The maximum atomic E-state index is 5.72. The van der Waals surface area contributed by atoms with E-state index in [1.165, 1.54) is 19.4 Å². The van der Waals surface area contributed by atoms with Gasteiger partial charge in [0.1, 0.15) is 12.4 Å². The third-order valence-corrected chi connectivity index (χ3v) is 2.86. The van der Waals surface area contributed by atoms with Crippen LogP contribution < -0.4 is 4.74 Å². The van der Waals surface area contributed by atoms with Crippen molar-refractivity contribution in [1.82, 2.24) is 4.90 Å². The highest BCUT2D eigenvalue weighted by molar-refractivity contribution is 5.20. The Bertz CT molecular complexity index is 273. The Morgan fingerprint density at radius 3 is 2.79 bits per heavy atom. The highest BCUT2D eigenvalue weighted by atomic mass is 16.5. The molecule has 2 heteroatoms. The number of likely N-dealkylation sites (N-methyl/N-ethyl adjacent to an activating group) is 1. The molecule has 0 aliphatic carbocycles. The number of ether oxygens (including phenoxy) is 1. The van der Waals surface area contributed by atoms with E-state index in [2.05, 4.69) is 11.9 Å². The molecule has 1 aliphatic heterocycles. The first kappa shape index (κ1) is 9.53. The van der Waals surface area contributed by atoms with Gasteiger partial charge >= 0.3 is 0 Å². The van der Waals surface area contributed by atoms with Gasteiger partial charge in [-0.25, -0.2) is 0 Å². The van der Waals surface area contributed by atoms with Crippen LogP contribution in [0.4, 0.5) is 0 Å². The summed E-state index contributed by atoms with van der Waals surface area (Å²) in [7, 11) is 2.17. The molecule has 1 aliphatic rings. The molecule has 1 fully saturated rings. The Morgan fingerprint density at radius 2 is 2.14 bits per heavy atom. The second kappa shape index (κ2) is 4.47. The molecule has 0 radical (unpaired) electrons. The second-order valence-corrected chi connectivity index (χ2v) is 3.90. The van der Waals surface area contributed by atoms with Crippen LogP contribution in [0.2, 0.25) is 0 Å². The first-order valence-corrected chi connectivity index (χ1v) is 5.24. The van der Waals surface area contributed by atoms with E-state index in [4.69, 9.17) is 4.74 Å². The van der Waals surface area contributed by atoms with Crippen LogP contribution in [0.3, 0.4) is 0 Å². The lowest BCUT2D eigenvalue weighted by atomic mass is 10.2. The Balaban J connectivity index is 1.82. The van der Waals surface area contributed by atoms with Crippen LogP contribution in [0.25, 0.3) is 0 Å². The molecule has 0 saturated carbocycles. The van der Waals surface area contributed by atoms with Gasteiger partial charge in [-0.1, -0.05) is 18.2 Å². The van der Waals surface area contributed by atoms with E-state index in [0.717, 1.165) is 12.4 Å². The minimum atomic E-state index is 0.607. The van der Waals surface area contributed by atoms with E-state index in [-0.39, 0.29) is 0 Å². The third kappa shape index (κ3) is 2.26. The van der Waals surface area contributed by atoms with Crippen LogP contribution in [0.1, 0.15) is 12.8 Å². The van der Waals surface area contributed by atoms with Gasteiger partial charge in [0.15, 0.2) is 0 Å². The summed E-state index contributed by atoms with van der Waals surface area (Å²) in [6.45, 7) is 2.03. The molecule has 0 aromatic heterocycles. The first-order chi connectivity index (χ1) is 6.86. The minimum absolute atomic E-state index is 0.607. The number of benzene rings is 1. The molecule has 1 atom stereocenters. The molecule has 0 amide bonds. The quantitative estimate of drug-likeness (QED) is 0.726. The van der Waals surface area contributed by atoms with E-state index in [9.17, 15) is 0 Å². The minimum Gasteiger partial charge on any atom is -0.492 e. The SMILES string of the molecule is CN1CCC[C@H]1COc1ccccc1. The van der Waals surface area contributed by atoms with Crippen molar-refractivity contribution in [2.45, 2.75) is 18.9 Å². The maximum Gasteiger partial charge on any atom is 0.119 e. The number of likely N-dealkylation sites (tertiary alicyclic amines) is 1. The highest BCUT2D eigenvalue weighted by Gasteiger charge is 2.20. The van der Waals surface area contributed by atoms with Crippen molar-refractivity contribution in [3.8, 4) is 5.75 Å². The van der Waals surface area contributed by atoms with E-state index >= 15 is 0 Å². The lowest BCUT2D eigenvalue weighted by molar-refractivity contribution is 0.198. The van der Waals surface area contributed by atoms with Crippen molar-refractivity contribution in [2.24, 2.45) is 0 Å². The van der Waals surface area contributed by atoms with Crippen molar-refractivity contribution < 1.29 is 4.74 Å². The Kier molecular flexibility index (Phi) is 3.04. The fraction of sp³-hybridized carbons (Fsp3) is 0.500. The summed E-state index contributed by atoms with van der Waals surface area (Å²) in [5.41, 5.74) is 0. The van der Waals surface area contributed by atoms with Gasteiger partial charge in [0.25, 0.3) is 0 Å². The largest absolute Gasteiger partial charge is 0.492 e. The van der Waals surface area contributed by atoms with E-state index in [1.54, 1.807) is 0 Å². The van der Waals surface area contributed by atoms with Gasteiger partial charge in [-0.3, -0.25) is 0 Å². The van der Waals surface area contributed by atoms with Gasteiger partial charge in [0, 0.05) is 6.04 Å². The molecule has 14 heavy (non-hydrogen) atoms. The van der Waals surface area contributed by atoms with Crippen molar-refractivity contribution in [1.29, 1.82) is 0 Å². The molecule has 76 valence electrons. The summed E-state index contributed by atoms with van der Waals surface area (Å²) in [5, 5.41) is 0. The summed E-state index contributed by atoms with van der Waals surface area (Å²) in [4.78, 5) is 2.38. The zero-order valence-electron chi connectivity index (χ0n) is 8.65. The average Bonchev–Trinajstić information content (AvgIpc) is 2.63. The fourth-order valence-electron chi connectivity index (χ4n) is 1.90. The van der Waals surface area contributed by atoms with Crippen molar-refractivity contribution in [3.63, 3.8) is 0 Å². The van der Waals surface area contributed by atoms with Gasteiger partial charge in [-0.15, -0.1) is 0 Å². The molecule has 2 rings (SSSR count). The van der Waals surface area contributed by atoms with Crippen LogP contribution in [0, 0.1) is 0 Å². The lowest BCUT2D eigenvalue weighted by Crippen LogP contribution is -2.30. The summed E-state index contributed by atoms with van der Waals surface area (Å²) in [5.74, 6) is 0.979. The van der Waals surface area contributed by atoms with Crippen LogP contribution in [-0.4, -0.2) is 31.1 Å². The standard InChI is InChI=1S/C12H17NO/c1-13-9-5-6-11(13)10-14-12-7-3-2-4-8-12/h2-4,7-8,11H,5-6,9-10H2,1H3/t11-/m0/s1. The van der Waals surface area contributed by atoms with Crippen LogP contribution >= 0.6 is 0 Å². The monoisotopic (exact) mass is 191 g/mol. The molecule has 1 aromatic carbocycles. The van der Waals surface area contributed by atoms with Crippen LogP contribution in [0.5, 0.6) is 5.75 Å². The zero-order valence-corrected chi connectivity index (χ0v) is 8.65.